The van der Waals surface area contributed by atoms with Gasteiger partial charge in [-0.1, -0.05) is 66.7 Å². The number of hydrogen-bond donors (Lipinski definition) is 1. The minimum Gasteiger partial charge on any atom is -0.379 e. The number of rotatable bonds is 7. The molecule has 3 aromatic rings. The second-order valence-corrected chi connectivity index (χ2v) is 10.0. The highest BCUT2D eigenvalue weighted by molar-refractivity contribution is 7.89. The van der Waals surface area contributed by atoms with Crippen LogP contribution < -0.4 is 5.32 Å². The maximum Gasteiger partial charge on any atom is 0.243 e. The van der Waals surface area contributed by atoms with Crippen molar-refractivity contribution in [3.63, 3.8) is 0 Å². The van der Waals surface area contributed by atoms with Crippen LogP contribution in [0, 0.1) is 6.92 Å². The van der Waals surface area contributed by atoms with Crippen LogP contribution in [-0.2, 0) is 19.6 Å². The van der Waals surface area contributed by atoms with Crippen LogP contribution in [-0.4, -0.2) is 44.9 Å². The molecule has 1 aliphatic heterocycles. The second kappa shape index (κ2) is 10.3. The molecule has 0 atom stereocenters. The van der Waals surface area contributed by atoms with E-state index in [0.29, 0.717) is 37.6 Å². The highest BCUT2D eigenvalue weighted by Crippen LogP contribution is 2.29. The van der Waals surface area contributed by atoms with Gasteiger partial charge in [-0.15, -0.1) is 0 Å². The van der Waals surface area contributed by atoms with E-state index in [4.69, 9.17) is 4.74 Å². The Morgan fingerprint density at radius 2 is 1.52 bits per heavy atom. The number of benzene rings is 3. The SMILES string of the molecule is Cc1ccc(NC(=O)CC(c2ccccc2)c2ccccc2)cc1S(=O)(=O)N1CCOCC1. The van der Waals surface area contributed by atoms with Crippen LogP contribution in [0.2, 0.25) is 0 Å². The standard InChI is InChI=1S/C26H28N2O4S/c1-20-12-13-23(18-25(20)33(30,31)28-14-16-32-17-15-28)27-26(29)19-24(21-8-4-2-5-9-21)22-10-6-3-7-11-22/h2-13,18,24H,14-17,19H2,1H3,(H,27,29). The van der Waals surface area contributed by atoms with Gasteiger partial charge in [-0.2, -0.15) is 4.31 Å². The molecular weight excluding hydrogens is 436 g/mol. The van der Waals surface area contributed by atoms with E-state index >= 15 is 0 Å². The van der Waals surface area contributed by atoms with Crippen molar-refractivity contribution < 1.29 is 17.9 Å². The highest BCUT2D eigenvalue weighted by Gasteiger charge is 2.28. The molecule has 0 aromatic heterocycles. The van der Waals surface area contributed by atoms with Crippen molar-refractivity contribution in [1.82, 2.24) is 4.31 Å². The Bertz CT molecular complexity index is 1150. The van der Waals surface area contributed by atoms with E-state index in [9.17, 15) is 13.2 Å². The van der Waals surface area contributed by atoms with Crippen LogP contribution in [0.25, 0.3) is 0 Å². The molecule has 172 valence electrons. The maximum atomic E-state index is 13.2. The Kier molecular flexibility index (Phi) is 7.23. The number of amides is 1. The summed E-state index contributed by atoms with van der Waals surface area (Å²) >= 11 is 0. The van der Waals surface area contributed by atoms with Crippen molar-refractivity contribution in [1.29, 1.82) is 0 Å². The van der Waals surface area contributed by atoms with Crippen molar-refractivity contribution in [3.8, 4) is 0 Å². The van der Waals surface area contributed by atoms with Crippen LogP contribution in [0.3, 0.4) is 0 Å². The molecule has 3 aromatic carbocycles. The van der Waals surface area contributed by atoms with Crippen LogP contribution in [0.5, 0.6) is 0 Å². The monoisotopic (exact) mass is 464 g/mol. The smallest absolute Gasteiger partial charge is 0.243 e. The number of aryl methyl sites for hydroxylation is 1. The summed E-state index contributed by atoms with van der Waals surface area (Å²) in [5, 5.41) is 2.91. The molecule has 0 bridgehead atoms. The summed E-state index contributed by atoms with van der Waals surface area (Å²) in [5.74, 6) is -0.277. The zero-order valence-electron chi connectivity index (χ0n) is 18.6. The van der Waals surface area contributed by atoms with Crippen LogP contribution in [0.4, 0.5) is 5.69 Å². The molecule has 1 aliphatic rings. The van der Waals surface area contributed by atoms with E-state index in [0.717, 1.165) is 11.1 Å². The van der Waals surface area contributed by atoms with Gasteiger partial charge in [0.05, 0.1) is 18.1 Å². The van der Waals surface area contributed by atoms with E-state index in [2.05, 4.69) is 5.32 Å². The fourth-order valence-corrected chi connectivity index (χ4v) is 5.74. The Labute approximate surface area is 195 Å². The molecule has 1 amide bonds. The van der Waals surface area contributed by atoms with Crippen LogP contribution in [0.15, 0.2) is 83.8 Å². The first kappa shape index (κ1) is 23.2. The lowest BCUT2D eigenvalue weighted by molar-refractivity contribution is -0.116. The van der Waals surface area contributed by atoms with Crippen molar-refractivity contribution in [2.45, 2.75) is 24.2 Å². The maximum absolute atomic E-state index is 13.2. The van der Waals surface area contributed by atoms with Crippen molar-refractivity contribution in [2.24, 2.45) is 0 Å². The molecule has 6 nitrogen and oxygen atoms in total. The van der Waals surface area contributed by atoms with E-state index in [-0.39, 0.29) is 23.1 Å². The van der Waals surface area contributed by atoms with Gasteiger partial charge in [0.25, 0.3) is 0 Å². The summed E-state index contributed by atoms with van der Waals surface area (Å²) in [6, 6.07) is 24.9. The highest BCUT2D eigenvalue weighted by atomic mass is 32.2. The molecule has 7 heteroatoms. The number of anilines is 1. The van der Waals surface area contributed by atoms with Gasteiger partial charge >= 0.3 is 0 Å². The largest absolute Gasteiger partial charge is 0.379 e. The normalized spacial score (nSPS) is 14.8. The second-order valence-electron chi connectivity index (χ2n) is 8.12. The summed E-state index contributed by atoms with van der Waals surface area (Å²) < 4.78 is 33.0. The van der Waals surface area contributed by atoms with Gasteiger partial charge < -0.3 is 10.1 Å². The van der Waals surface area contributed by atoms with E-state index in [1.54, 1.807) is 25.1 Å². The van der Waals surface area contributed by atoms with E-state index in [1.807, 2.05) is 60.7 Å². The van der Waals surface area contributed by atoms with E-state index in [1.165, 1.54) is 4.31 Å². The average molecular weight is 465 g/mol. The lowest BCUT2D eigenvalue weighted by Gasteiger charge is -2.27. The first-order valence-electron chi connectivity index (χ1n) is 11.0. The quantitative estimate of drug-likeness (QED) is 0.569. The van der Waals surface area contributed by atoms with E-state index < -0.39 is 10.0 Å². The predicted molar refractivity (Wildman–Crippen MR) is 129 cm³/mol. The Morgan fingerprint density at radius 1 is 0.939 bits per heavy atom. The average Bonchev–Trinajstić information content (AvgIpc) is 2.85. The lowest BCUT2D eigenvalue weighted by atomic mass is 9.88. The third-order valence-corrected chi connectivity index (χ3v) is 7.89. The summed E-state index contributed by atoms with van der Waals surface area (Å²) in [6.07, 6.45) is 0.244. The molecule has 1 heterocycles. The molecule has 33 heavy (non-hydrogen) atoms. The number of nitrogens with one attached hydrogen (secondary N) is 1. The molecule has 1 saturated heterocycles. The molecule has 4 rings (SSSR count). The topological polar surface area (TPSA) is 75.7 Å². The first-order valence-corrected chi connectivity index (χ1v) is 12.5. The van der Waals surface area contributed by atoms with Crippen molar-refractivity contribution in [2.75, 3.05) is 31.6 Å². The summed E-state index contributed by atoms with van der Waals surface area (Å²) in [6.45, 7) is 3.19. The molecule has 0 radical (unpaired) electrons. The van der Waals surface area contributed by atoms with Gasteiger partial charge in [0.15, 0.2) is 0 Å². The number of carbonyl (C=O) groups is 1. The zero-order chi connectivity index (χ0) is 23.3. The lowest BCUT2D eigenvalue weighted by Crippen LogP contribution is -2.40. The van der Waals surface area contributed by atoms with Crippen LogP contribution >= 0.6 is 0 Å². The van der Waals surface area contributed by atoms with Gasteiger partial charge in [0.1, 0.15) is 0 Å². The molecule has 0 saturated carbocycles. The van der Waals surface area contributed by atoms with Gasteiger partial charge in [0.2, 0.25) is 15.9 Å². The van der Waals surface area contributed by atoms with Gasteiger partial charge in [-0.25, -0.2) is 8.42 Å². The first-order chi connectivity index (χ1) is 15.9. The fraction of sp³-hybridized carbons (Fsp3) is 0.269. The number of hydrogen-bond acceptors (Lipinski definition) is 4. The van der Waals surface area contributed by atoms with Gasteiger partial charge in [0, 0.05) is 31.1 Å². The van der Waals surface area contributed by atoms with Crippen molar-refractivity contribution in [3.05, 3.63) is 95.6 Å². The molecule has 0 aliphatic carbocycles. The fourth-order valence-electron chi connectivity index (χ4n) is 4.08. The molecule has 0 unspecified atom stereocenters. The number of morpholine rings is 1. The van der Waals surface area contributed by atoms with Crippen molar-refractivity contribution >= 4 is 21.6 Å². The molecule has 1 N–H and O–H groups in total. The zero-order valence-corrected chi connectivity index (χ0v) is 19.4. The molecule has 0 spiro atoms. The van der Waals surface area contributed by atoms with Gasteiger partial charge in [-0.3, -0.25) is 4.79 Å². The summed E-state index contributed by atoms with van der Waals surface area (Å²) in [4.78, 5) is 13.2. The minimum atomic E-state index is -3.66. The van der Waals surface area contributed by atoms with Crippen LogP contribution in [0.1, 0.15) is 29.0 Å². The number of carbonyl (C=O) groups excluding carboxylic acids is 1. The minimum absolute atomic E-state index is 0.102. The number of ether oxygens (including phenoxy) is 1. The Morgan fingerprint density at radius 3 is 2.09 bits per heavy atom. The Balaban J connectivity index is 1.55. The number of sulfonamides is 1. The Hall–Kier alpha value is -3.00. The summed E-state index contributed by atoms with van der Waals surface area (Å²) in [7, 11) is -3.66. The summed E-state index contributed by atoms with van der Waals surface area (Å²) in [5.41, 5.74) is 3.22. The molecule has 1 fully saturated rings. The van der Waals surface area contributed by atoms with Gasteiger partial charge in [-0.05, 0) is 35.7 Å². The molecular formula is C26H28N2O4S. The predicted octanol–water partition coefficient (Wildman–Crippen LogP) is 4.18. The number of nitrogens with zero attached hydrogens (tertiary/aromatic N) is 1. The third-order valence-electron chi connectivity index (χ3n) is 5.85. The third kappa shape index (κ3) is 5.50.